The molecule has 0 radical (unpaired) electrons. The number of nitrogens with one attached hydrogen (secondary N) is 3. The number of aromatic amines is 2. The van der Waals surface area contributed by atoms with Crippen LogP contribution in [0.15, 0.2) is 29.1 Å². The van der Waals surface area contributed by atoms with Gasteiger partial charge in [-0.15, -0.1) is 0 Å². The van der Waals surface area contributed by atoms with Crippen LogP contribution in [0.2, 0.25) is 5.02 Å². The molecule has 19 heavy (non-hydrogen) atoms. The Labute approximate surface area is 113 Å². The molecule has 0 saturated carbocycles. The van der Waals surface area contributed by atoms with Crippen molar-refractivity contribution in [1.82, 2.24) is 15.5 Å². The van der Waals surface area contributed by atoms with E-state index in [1.807, 2.05) is 0 Å². The molecule has 0 spiro atoms. The molecular formula is C12H12ClN3O3. The van der Waals surface area contributed by atoms with Gasteiger partial charge < -0.3 is 15.2 Å². The number of rotatable bonds is 4. The predicted molar refractivity (Wildman–Crippen MR) is 70.6 cm³/mol. The van der Waals surface area contributed by atoms with Gasteiger partial charge in [-0.2, -0.15) is 0 Å². The van der Waals surface area contributed by atoms with E-state index in [-0.39, 0.29) is 18.0 Å². The van der Waals surface area contributed by atoms with Gasteiger partial charge in [-0.1, -0.05) is 11.6 Å². The first-order valence-corrected chi connectivity index (χ1v) is 5.86. The Bertz CT molecular complexity index is 648. The molecule has 0 aliphatic heterocycles. The topological polar surface area (TPSA) is 87.0 Å². The number of amides is 1. The van der Waals surface area contributed by atoms with Crippen molar-refractivity contribution in [3.8, 4) is 5.75 Å². The van der Waals surface area contributed by atoms with Crippen molar-refractivity contribution >= 4 is 17.5 Å². The SMILES string of the molecule is COc1ccc(Cl)cc1C(=O)NCc1cc(=O)[nH][nH]1. The summed E-state index contributed by atoms with van der Waals surface area (Å²) in [5.41, 5.74) is 0.678. The molecule has 1 aromatic carbocycles. The molecule has 1 aromatic heterocycles. The van der Waals surface area contributed by atoms with Gasteiger partial charge in [-0.3, -0.25) is 14.7 Å². The Hall–Kier alpha value is -2.21. The highest BCUT2D eigenvalue weighted by Crippen LogP contribution is 2.22. The van der Waals surface area contributed by atoms with Crippen LogP contribution in [0.5, 0.6) is 5.75 Å². The van der Waals surface area contributed by atoms with Crippen molar-refractivity contribution in [3.63, 3.8) is 0 Å². The molecule has 0 aliphatic rings. The number of ether oxygens (including phenoxy) is 1. The van der Waals surface area contributed by atoms with Gasteiger partial charge in [0.15, 0.2) is 0 Å². The van der Waals surface area contributed by atoms with Gasteiger partial charge in [-0.25, -0.2) is 0 Å². The van der Waals surface area contributed by atoms with Crippen molar-refractivity contribution in [2.24, 2.45) is 0 Å². The second kappa shape index (κ2) is 5.62. The number of benzene rings is 1. The number of aromatic nitrogens is 2. The Morgan fingerprint density at radius 1 is 1.37 bits per heavy atom. The van der Waals surface area contributed by atoms with Crippen LogP contribution in [-0.2, 0) is 6.54 Å². The molecule has 6 nitrogen and oxygen atoms in total. The lowest BCUT2D eigenvalue weighted by Crippen LogP contribution is -2.23. The third-order valence-electron chi connectivity index (χ3n) is 2.50. The lowest BCUT2D eigenvalue weighted by Gasteiger charge is -2.09. The van der Waals surface area contributed by atoms with E-state index < -0.39 is 0 Å². The van der Waals surface area contributed by atoms with Crippen LogP contribution in [-0.4, -0.2) is 23.2 Å². The molecule has 0 bridgehead atoms. The Kier molecular flexibility index (Phi) is 3.91. The van der Waals surface area contributed by atoms with Crippen LogP contribution < -0.4 is 15.6 Å². The molecule has 0 saturated heterocycles. The Balaban J connectivity index is 2.11. The van der Waals surface area contributed by atoms with Gasteiger partial charge in [0.2, 0.25) is 0 Å². The minimum Gasteiger partial charge on any atom is -0.496 e. The molecule has 2 aromatic rings. The number of halogens is 1. The first-order valence-electron chi connectivity index (χ1n) is 5.48. The molecular weight excluding hydrogens is 270 g/mol. The maximum Gasteiger partial charge on any atom is 0.264 e. The monoisotopic (exact) mass is 281 g/mol. The maximum atomic E-state index is 12.0. The number of carbonyl (C=O) groups is 1. The molecule has 1 amide bonds. The van der Waals surface area contributed by atoms with E-state index in [9.17, 15) is 9.59 Å². The number of hydrogen-bond donors (Lipinski definition) is 3. The van der Waals surface area contributed by atoms with Gasteiger partial charge >= 0.3 is 0 Å². The summed E-state index contributed by atoms with van der Waals surface area (Å²) in [5.74, 6) is 0.103. The van der Waals surface area contributed by atoms with Crippen molar-refractivity contribution in [3.05, 3.63) is 50.9 Å². The largest absolute Gasteiger partial charge is 0.496 e. The number of hydrogen-bond acceptors (Lipinski definition) is 3. The van der Waals surface area contributed by atoms with Crippen molar-refractivity contribution in [2.75, 3.05) is 7.11 Å². The molecule has 100 valence electrons. The maximum absolute atomic E-state index is 12.0. The van der Waals surface area contributed by atoms with Gasteiger partial charge in [0.1, 0.15) is 5.75 Å². The number of H-pyrrole nitrogens is 2. The van der Waals surface area contributed by atoms with Gasteiger partial charge in [0.05, 0.1) is 24.9 Å². The normalized spacial score (nSPS) is 10.2. The number of methoxy groups -OCH3 is 1. The van der Waals surface area contributed by atoms with Crippen molar-refractivity contribution < 1.29 is 9.53 Å². The Morgan fingerprint density at radius 2 is 2.16 bits per heavy atom. The van der Waals surface area contributed by atoms with Crippen LogP contribution in [0.3, 0.4) is 0 Å². The molecule has 7 heteroatoms. The molecule has 1 heterocycles. The minimum atomic E-state index is -0.332. The van der Waals surface area contributed by atoms with Crippen molar-refractivity contribution in [1.29, 1.82) is 0 Å². The van der Waals surface area contributed by atoms with Crippen LogP contribution in [0, 0.1) is 0 Å². The Morgan fingerprint density at radius 3 is 2.79 bits per heavy atom. The summed E-state index contributed by atoms with van der Waals surface area (Å²) < 4.78 is 5.09. The standard InChI is InChI=1S/C12H12ClN3O3/c1-19-10-3-2-7(13)4-9(10)12(18)14-6-8-5-11(17)16-15-8/h2-5H,6H2,1H3,(H,14,18)(H2,15,16,17). The summed E-state index contributed by atoms with van der Waals surface area (Å²) in [5, 5.41) is 8.14. The van der Waals surface area contributed by atoms with E-state index in [1.165, 1.54) is 19.2 Å². The predicted octanol–water partition coefficient (Wildman–Crippen LogP) is 1.29. The molecule has 0 unspecified atom stereocenters. The fourth-order valence-electron chi connectivity index (χ4n) is 1.60. The zero-order valence-corrected chi connectivity index (χ0v) is 10.9. The van der Waals surface area contributed by atoms with E-state index in [0.29, 0.717) is 22.0 Å². The minimum absolute atomic E-state index is 0.202. The highest BCUT2D eigenvalue weighted by atomic mass is 35.5. The van der Waals surface area contributed by atoms with Crippen LogP contribution >= 0.6 is 11.6 Å². The molecule has 3 N–H and O–H groups in total. The van der Waals surface area contributed by atoms with Gasteiger partial charge in [-0.05, 0) is 18.2 Å². The molecule has 0 atom stereocenters. The average molecular weight is 282 g/mol. The van der Waals surface area contributed by atoms with E-state index in [2.05, 4.69) is 15.5 Å². The molecule has 2 rings (SSSR count). The summed E-state index contributed by atoms with van der Waals surface area (Å²) in [6.45, 7) is 0.202. The second-order valence-electron chi connectivity index (χ2n) is 3.81. The lowest BCUT2D eigenvalue weighted by atomic mass is 10.2. The first kappa shape index (κ1) is 13.2. The van der Waals surface area contributed by atoms with E-state index in [1.54, 1.807) is 12.1 Å². The van der Waals surface area contributed by atoms with Gasteiger partial charge in [0.25, 0.3) is 11.5 Å². The summed E-state index contributed by atoms with van der Waals surface area (Å²) in [4.78, 5) is 22.9. The fraction of sp³-hybridized carbons (Fsp3) is 0.167. The fourth-order valence-corrected chi connectivity index (χ4v) is 1.77. The summed E-state index contributed by atoms with van der Waals surface area (Å²) in [6, 6.07) is 6.15. The quantitative estimate of drug-likeness (QED) is 0.789. The lowest BCUT2D eigenvalue weighted by molar-refractivity contribution is 0.0947. The van der Waals surface area contributed by atoms with Crippen LogP contribution in [0.25, 0.3) is 0 Å². The second-order valence-corrected chi connectivity index (χ2v) is 4.25. The summed E-state index contributed by atoms with van der Waals surface area (Å²) >= 11 is 5.85. The zero-order chi connectivity index (χ0) is 13.8. The third kappa shape index (κ3) is 3.17. The van der Waals surface area contributed by atoms with Crippen LogP contribution in [0.4, 0.5) is 0 Å². The zero-order valence-electron chi connectivity index (χ0n) is 10.1. The van der Waals surface area contributed by atoms with Crippen molar-refractivity contribution in [2.45, 2.75) is 6.54 Å². The third-order valence-corrected chi connectivity index (χ3v) is 2.73. The number of carbonyl (C=O) groups excluding carboxylic acids is 1. The van der Waals surface area contributed by atoms with Crippen LogP contribution in [0.1, 0.15) is 16.1 Å². The van der Waals surface area contributed by atoms with E-state index >= 15 is 0 Å². The van der Waals surface area contributed by atoms with E-state index in [0.717, 1.165) is 0 Å². The highest BCUT2D eigenvalue weighted by Gasteiger charge is 2.12. The van der Waals surface area contributed by atoms with Gasteiger partial charge in [0, 0.05) is 11.1 Å². The summed E-state index contributed by atoms with van der Waals surface area (Å²) in [7, 11) is 1.48. The first-order chi connectivity index (χ1) is 9.10. The highest BCUT2D eigenvalue weighted by molar-refractivity contribution is 6.31. The molecule has 0 aliphatic carbocycles. The van der Waals surface area contributed by atoms with E-state index in [4.69, 9.17) is 16.3 Å². The molecule has 0 fully saturated rings. The summed E-state index contributed by atoms with van der Waals surface area (Å²) in [6.07, 6.45) is 0. The smallest absolute Gasteiger partial charge is 0.264 e. The average Bonchev–Trinajstić information content (AvgIpc) is 2.81.